The summed E-state index contributed by atoms with van der Waals surface area (Å²) in [5.41, 5.74) is -2.28. The molecular weight excluding hydrogens is 225 g/mol. The van der Waals surface area contributed by atoms with E-state index in [9.17, 15) is 18.0 Å². The van der Waals surface area contributed by atoms with Gasteiger partial charge in [-0.1, -0.05) is 0 Å². The molecule has 94 valence electrons. The molecule has 1 saturated heterocycles. The van der Waals surface area contributed by atoms with Crippen molar-refractivity contribution in [3.8, 4) is 0 Å². The maximum Gasteiger partial charge on any atom is 0.404 e. The molecule has 0 spiro atoms. The minimum Gasteiger partial charge on any atom is -0.383 e. The summed E-state index contributed by atoms with van der Waals surface area (Å²) in [6, 6.07) is 0. The van der Waals surface area contributed by atoms with Crippen LogP contribution in [0.4, 0.5) is 13.2 Å². The molecule has 0 aromatic carbocycles. The van der Waals surface area contributed by atoms with Crippen molar-refractivity contribution in [2.45, 2.75) is 12.6 Å². The Labute approximate surface area is 91.5 Å². The average molecular weight is 240 g/mol. The highest BCUT2D eigenvalue weighted by Crippen LogP contribution is 2.43. The van der Waals surface area contributed by atoms with E-state index in [4.69, 9.17) is 0 Å². The van der Waals surface area contributed by atoms with Gasteiger partial charge in [-0.3, -0.25) is 4.79 Å². The van der Waals surface area contributed by atoms with Crippen LogP contribution in [0.1, 0.15) is 6.42 Å². The van der Waals surface area contributed by atoms with Gasteiger partial charge in [-0.25, -0.2) is 0 Å². The van der Waals surface area contributed by atoms with E-state index in [-0.39, 0.29) is 32.7 Å². The molecule has 1 heterocycles. The molecule has 1 rings (SSSR count). The molecule has 0 radical (unpaired) electrons. The summed E-state index contributed by atoms with van der Waals surface area (Å²) in [6.45, 7) is 0.146. The van der Waals surface area contributed by atoms with E-state index >= 15 is 0 Å². The Morgan fingerprint density at radius 3 is 2.69 bits per heavy atom. The predicted molar refractivity (Wildman–Crippen MR) is 50.9 cm³/mol. The Balaban J connectivity index is 2.67. The lowest BCUT2D eigenvalue weighted by Gasteiger charge is -2.29. The first kappa shape index (κ1) is 13.2. The molecule has 0 aliphatic carbocycles. The molecule has 1 unspecified atom stereocenters. The van der Waals surface area contributed by atoms with Gasteiger partial charge in [0.2, 0.25) is 5.91 Å². The Hall–Kier alpha value is -0.820. The molecule has 7 heteroatoms. The summed E-state index contributed by atoms with van der Waals surface area (Å²) in [5.74, 6) is -0.970. The first-order valence-corrected chi connectivity index (χ1v) is 4.99. The highest BCUT2D eigenvalue weighted by atomic mass is 19.4. The van der Waals surface area contributed by atoms with Crippen molar-refractivity contribution in [3.63, 3.8) is 0 Å². The minimum absolute atomic E-state index is 0.0904. The summed E-state index contributed by atoms with van der Waals surface area (Å²) in [6.07, 6.45) is -4.73. The number of hydrogen-bond acceptors (Lipinski definition) is 3. The second-order valence-electron chi connectivity index (χ2n) is 3.76. The van der Waals surface area contributed by atoms with E-state index in [0.717, 1.165) is 0 Å². The van der Waals surface area contributed by atoms with Crippen LogP contribution in [0, 0.1) is 5.41 Å². The zero-order chi connectivity index (χ0) is 12.2. The topological polar surface area (TPSA) is 50.4 Å². The third kappa shape index (κ3) is 2.46. The maximum absolute atomic E-state index is 12.8. The van der Waals surface area contributed by atoms with Crippen molar-refractivity contribution >= 4 is 5.91 Å². The molecule has 0 saturated carbocycles. The van der Waals surface area contributed by atoms with Gasteiger partial charge < -0.3 is 15.4 Å². The van der Waals surface area contributed by atoms with Crippen molar-refractivity contribution in [1.29, 1.82) is 0 Å². The molecule has 0 bridgehead atoms. The van der Waals surface area contributed by atoms with Crippen molar-refractivity contribution in [1.82, 2.24) is 10.6 Å². The lowest BCUT2D eigenvalue weighted by molar-refractivity contribution is -0.216. The number of hydrogen-bond donors (Lipinski definition) is 2. The number of ether oxygens (including phenoxy) is 1. The highest BCUT2D eigenvalue weighted by molar-refractivity contribution is 5.84. The smallest absolute Gasteiger partial charge is 0.383 e. The number of amides is 1. The number of rotatable bonds is 4. The van der Waals surface area contributed by atoms with Crippen LogP contribution in [-0.2, 0) is 9.53 Å². The SMILES string of the molecule is COCCNC(=O)C1(C(F)(F)F)CCNC1. The summed E-state index contributed by atoms with van der Waals surface area (Å²) in [4.78, 5) is 11.6. The van der Waals surface area contributed by atoms with Crippen LogP contribution in [0.15, 0.2) is 0 Å². The van der Waals surface area contributed by atoms with E-state index in [1.54, 1.807) is 0 Å². The van der Waals surface area contributed by atoms with E-state index in [0.29, 0.717) is 0 Å². The summed E-state index contributed by atoms with van der Waals surface area (Å²) >= 11 is 0. The van der Waals surface area contributed by atoms with Crippen LogP contribution in [-0.4, -0.2) is 45.4 Å². The lowest BCUT2D eigenvalue weighted by Crippen LogP contribution is -2.52. The van der Waals surface area contributed by atoms with Crippen molar-refractivity contribution in [2.75, 3.05) is 33.4 Å². The number of carbonyl (C=O) groups is 1. The van der Waals surface area contributed by atoms with Gasteiger partial charge in [0.05, 0.1) is 6.61 Å². The van der Waals surface area contributed by atoms with E-state index in [2.05, 4.69) is 15.4 Å². The first-order chi connectivity index (χ1) is 7.44. The number of halogens is 3. The summed E-state index contributed by atoms with van der Waals surface area (Å²) in [7, 11) is 1.42. The highest BCUT2D eigenvalue weighted by Gasteiger charge is 2.61. The molecule has 2 N–H and O–H groups in total. The number of nitrogens with one attached hydrogen (secondary N) is 2. The molecule has 0 aromatic rings. The molecule has 1 atom stereocenters. The van der Waals surface area contributed by atoms with E-state index < -0.39 is 17.5 Å². The van der Waals surface area contributed by atoms with Crippen LogP contribution in [0.5, 0.6) is 0 Å². The molecule has 1 aliphatic heterocycles. The fourth-order valence-electron chi connectivity index (χ4n) is 1.69. The Morgan fingerprint density at radius 2 is 2.25 bits per heavy atom. The van der Waals surface area contributed by atoms with Crippen molar-refractivity contribution in [3.05, 3.63) is 0 Å². The molecule has 1 fully saturated rings. The van der Waals surface area contributed by atoms with Gasteiger partial charge in [0, 0.05) is 20.2 Å². The number of carbonyl (C=O) groups excluding carboxylic acids is 1. The zero-order valence-electron chi connectivity index (χ0n) is 8.99. The van der Waals surface area contributed by atoms with Gasteiger partial charge in [-0.05, 0) is 13.0 Å². The second-order valence-corrected chi connectivity index (χ2v) is 3.76. The third-order valence-electron chi connectivity index (χ3n) is 2.72. The molecule has 1 amide bonds. The van der Waals surface area contributed by atoms with Gasteiger partial charge in [0.15, 0.2) is 5.41 Å². The van der Waals surface area contributed by atoms with Gasteiger partial charge in [0.1, 0.15) is 0 Å². The van der Waals surface area contributed by atoms with Gasteiger partial charge in [-0.2, -0.15) is 13.2 Å². The van der Waals surface area contributed by atoms with E-state index in [1.165, 1.54) is 7.11 Å². The largest absolute Gasteiger partial charge is 0.404 e. The van der Waals surface area contributed by atoms with Gasteiger partial charge >= 0.3 is 6.18 Å². The standard InChI is InChI=1S/C9H15F3N2O2/c1-16-5-4-14-7(15)8(9(10,11)12)2-3-13-6-8/h13H,2-6H2,1H3,(H,14,15). The maximum atomic E-state index is 12.8. The zero-order valence-corrected chi connectivity index (χ0v) is 8.99. The molecular formula is C9H15F3N2O2. The van der Waals surface area contributed by atoms with Crippen molar-refractivity contribution < 1.29 is 22.7 Å². The molecule has 1 aliphatic rings. The van der Waals surface area contributed by atoms with Gasteiger partial charge in [0.25, 0.3) is 0 Å². The van der Waals surface area contributed by atoms with Crippen LogP contribution in [0.2, 0.25) is 0 Å². The Kier molecular flexibility index (Phi) is 4.15. The monoisotopic (exact) mass is 240 g/mol. The normalized spacial score (nSPS) is 25.8. The number of methoxy groups -OCH3 is 1. The van der Waals surface area contributed by atoms with Crippen LogP contribution in [0.25, 0.3) is 0 Å². The Morgan fingerprint density at radius 1 is 1.56 bits per heavy atom. The average Bonchev–Trinajstić information content (AvgIpc) is 2.66. The summed E-state index contributed by atoms with van der Waals surface area (Å²) in [5, 5.41) is 4.83. The fourth-order valence-corrected chi connectivity index (χ4v) is 1.69. The first-order valence-electron chi connectivity index (χ1n) is 4.99. The molecule has 16 heavy (non-hydrogen) atoms. The predicted octanol–water partition coefficient (Wildman–Crippen LogP) is 0.291. The molecule has 0 aromatic heterocycles. The second kappa shape index (κ2) is 5.01. The van der Waals surface area contributed by atoms with E-state index in [1.807, 2.05) is 0 Å². The van der Waals surface area contributed by atoms with Crippen molar-refractivity contribution in [2.24, 2.45) is 5.41 Å². The van der Waals surface area contributed by atoms with Crippen LogP contribution >= 0.6 is 0 Å². The number of alkyl halides is 3. The Bertz CT molecular complexity index is 250. The lowest BCUT2D eigenvalue weighted by atomic mass is 9.85. The fraction of sp³-hybridized carbons (Fsp3) is 0.889. The summed E-state index contributed by atoms with van der Waals surface area (Å²) < 4.78 is 43.2. The van der Waals surface area contributed by atoms with Crippen LogP contribution < -0.4 is 10.6 Å². The van der Waals surface area contributed by atoms with Gasteiger partial charge in [-0.15, -0.1) is 0 Å². The minimum atomic E-state index is -4.52. The third-order valence-corrected chi connectivity index (χ3v) is 2.72. The quantitative estimate of drug-likeness (QED) is 0.694. The molecule has 4 nitrogen and oxygen atoms in total. The van der Waals surface area contributed by atoms with Crippen LogP contribution in [0.3, 0.4) is 0 Å².